The molecule has 1 aliphatic rings. The first-order chi connectivity index (χ1) is 12.2. The van der Waals surface area contributed by atoms with Gasteiger partial charge in [-0.25, -0.2) is 4.39 Å². The third-order valence-corrected chi connectivity index (χ3v) is 5.90. The molecular formula is C20H29FN2O2S. The highest BCUT2D eigenvalue weighted by atomic mass is 32.2. The minimum atomic E-state index is -0.340. The van der Waals surface area contributed by atoms with Gasteiger partial charge in [0.1, 0.15) is 11.2 Å². The summed E-state index contributed by atoms with van der Waals surface area (Å²) in [5, 5.41) is -0.550. The van der Waals surface area contributed by atoms with Gasteiger partial charge in [0.2, 0.25) is 11.8 Å². The van der Waals surface area contributed by atoms with Crippen LogP contribution >= 0.6 is 11.8 Å². The lowest BCUT2D eigenvalue weighted by molar-refractivity contribution is -0.136. The van der Waals surface area contributed by atoms with E-state index in [0.717, 1.165) is 0 Å². The van der Waals surface area contributed by atoms with Crippen molar-refractivity contribution < 1.29 is 14.0 Å². The highest BCUT2D eigenvalue weighted by molar-refractivity contribution is 8.01. The van der Waals surface area contributed by atoms with E-state index in [9.17, 15) is 14.0 Å². The zero-order valence-electron chi connectivity index (χ0n) is 16.2. The number of amides is 2. The topological polar surface area (TPSA) is 40.6 Å². The second-order valence-corrected chi connectivity index (χ2v) is 8.89. The molecule has 1 heterocycles. The molecule has 0 saturated carbocycles. The van der Waals surface area contributed by atoms with Crippen LogP contribution in [0.4, 0.5) is 4.39 Å². The molecule has 0 bridgehead atoms. The van der Waals surface area contributed by atoms with Crippen LogP contribution in [-0.2, 0) is 9.59 Å². The van der Waals surface area contributed by atoms with Gasteiger partial charge in [0, 0.05) is 31.1 Å². The second kappa shape index (κ2) is 8.89. The van der Waals surface area contributed by atoms with Crippen molar-refractivity contribution >= 4 is 23.6 Å². The van der Waals surface area contributed by atoms with Crippen LogP contribution in [0, 0.1) is 11.7 Å². The fourth-order valence-electron chi connectivity index (χ4n) is 3.17. The summed E-state index contributed by atoms with van der Waals surface area (Å²) in [6, 6.07) is 6.66. The molecular weight excluding hydrogens is 351 g/mol. The van der Waals surface area contributed by atoms with E-state index in [2.05, 4.69) is 0 Å². The Hall–Kier alpha value is -1.56. The molecule has 0 N–H and O–H groups in total. The first kappa shape index (κ1) is 20.7. The van der Waals surface area contributed by atoms with E-state index in [1.165, 1.54) is 17.8 Å². The molecule has 0 unspecified atom stereocenters. The summed E-state index contributed by atoms with van der Waals surface area (Å²) in [4.78, 5) is 28.7. The van der Waals surface area contributed by atoms with Crippen LogP contribution in [0.5, 0.6) is 0 Å². The van der Waals surface area contributed by atoms with Crippen molar-refractivity contribution in [2.45, 2.75) is 57.7 Å². The van der Waals surface area contributed by atoms with E-state index < -0.39 is 0 Å². The molecule has 0 aliphatic carbocycles. The normalized spacial score (nSPS) is 20.3. The van der Waals surface area contributed by atoms with Gasteiger partial charge in [-0.3, -0.25) is 9.59 Å². The average molecular weight is 381 g/mol. The standard InChI is InChI=1S/C20H29FN2O2S/c1-13(2)12-18(24)22(14(3)4)10-11-23-19(25)15(5)26-20(23)16-8-6-7-9-17(16)21/h6-9,13-15,20H,10-12H2,1-5H3/t15-,20-/m0/s1. The van der Waals surface area contributed by atoms with Crippen LogP contribution in [0.15, 0.2) is 24.3 Å². The predicted octanol–water partition coefficient (Wildman–Crippen LogP) is 4.07. The Morgan fingerprint density at radius 1 is 1.27 bits per heavy atom. The first-order valence-corrected chi connectivity index (χ1v) is 10.2. The Morgan fingerprint density at radius 3 is 2.50 bits per heavy atom. The predicted molar refractivity (Wildman–Crippen MR) is 104 cm³/mol. The van der Waals surface area contributed by atoms with Crippen molar-refractivity contribution in [2.24, 2.45) is 5.92 Å². The number of hydrogen-bond donors (Lipinski definition) is 0. The highest BCUT2D eigenvalue weighted by Gasteiger charge is 2.39. The summed E-state index contributed by atoms with van der Waals surface area (Å²) in [6.45, 7) is 10.7. The second-order valence-electron chi connectivity index (χ2n) is 7.46. The van der Waals surface area contributed by atoms with Gasteiger partial charge in [-0.15, -0.1) is 11.8 Å². The smallest absolute Gasteiger partial charge is 0.236 e. The lowest BCUT2D eigenvalue weighted by Crippen LogP contribution is -2.44. The molecule has 1 aliphatic heterocycles. The SMILES string of the molecule is CC(C)CC(=O)N(CCN1C(=O)[C@H](C)S[C@H]1c1ccccc1F)C(C)C. The first-order valence-electron chi connectivity index (χ1n) is 9.22. The maximum Gasteiger partial charge on any atom is 0.236 e. The van der Waals surface area contributed by atoms with E-state index in [4.69, 9.17) is 0 Å². The number of rotatable bonds is 7. The van der Waals surface area contributed by atoms with Crippen LogP contribution < -0.4 is 0 Å². The quantitative estimate of drug-likeness (QED) is 0.716. The Labute approximate surface area is 160 Å². The van der Waals surface area contributed by atoms with Crippen molar-refractivity contribution in [3.8, 4) is 0 Å². The molecule has 4 nitrogen and oxygen atoms in total. The Bertz CT molecular complexity index is 650. The summed E-state index contributed by atoms with van der Waals surface area (Å²) < 4.78 is 14.3. The van der Waals surface area contributed by atoms with E-state index in [0.29, 0.717) is 31.0 Å². The van der Waals surface area contributed by atoms with Crippen LogP contribution in [-0.4, -0.2) is 46.0 Å². The zero-order chi connectivity index (χ0) is 19.4. The van der Waals surface area contributed by atoms with Crippen molar-refractivity contribution in [1.29, 1.82) is 0 Å². The minimum Gasteiger partial charge on any atom is -0.338 e. The van der Waals surface area contributed by atoms with Crippen molar-refractivity contribution in [2.75, 3.05) is 13.1 Å². The largest absolute Gasteiger partial charge is 0.338 e. The van der Waals surface area contributed by atoms with Gasteiger partial charge < -0.3 is 9.80 Å². The fourth-order valence-corrected chi connectivity index (χ4v) is 4.50. The molecule has 1 aromatic carbocycles. The average Bonchev–Trinajstić information content (AvgIpc) is 2.82. The van der Waals surface area contributed by atoms with Crippen molar-refractivity contribution in [3.05, 3.63) is 35.6 Å². The maximum atomic E-state index is 14.3. The van der Waals surface area contributed by atoms with E-state index in [-0.39, 0.29) is 34.3 Å². The van der Waals surface area contributed by atoms with Gasteiger partial charge >= 0.3 is 0 Å². The van der Waals surface area contributed by atoms with Gasteiger partial charge in [0.05, 0.1) is 5.25 Å². The minimum absolute atomic E-state index is 0.00303. The van der Waals surface area contributed by atoms with Crippen LogP contribution in [0.1, 0.15) is 52.0 Å². The fraction of sp³-hybridized carbons (Fsp3) is 0.600. The lowest BCUT2D eigenvalue weighted by atomic mass is 10.1. The number of halogens is 1. The maximum absolute atomic E-state index is 14.3. The number of nitrogens with zero attached hydrogens (tertiary/aromatic N) is 2. The summed E-state index contributed by atoms with van der Waals surface area (Å²) in [7, 11) is 0. The molecule has 2 rings (SSSR count). The zero-order valence-corrected chi connectivity index (χ0v) is 17.1. The monoisotopic (exact) mass is 380 g/mol. The molecule has 2 amide bonds. The Morgan fingerprint density at radius 2 is 1.92 bits per heavy atom. The van der Waals surface area contributed by atoms with E-state index in [1.807, 2.05) is 39.5 Å². The van der Waals surface area contributed by atoms with Crippen molar-refractivity contribution in [1.82, 2.24) is 9.80 Å². The molecule has 1 fully saturated rings. The number of carbonyl (C=O) groups excluding carboxylic acids is 2. The highest BCUT2D eigenvalue weighted by Crippen LogP contribution is 2.43. The van der Waals surface area contributed by atoms with E-state index in [1.54, 1.807) is 23.1 Å². The number of hydrogen-bond acceptors (Lipinski definition) is 3. The third kappa shape index (κ3) is 4.78. The van der Waals surface area contributed by atoms with E-state index >= 15 is 0 Å². The van der Waals surface area contributed by atoms with Gasteiger partial charge in [0.15, 0.2) is 0 Å². The molecule has 0 aromatic heterocycles. The molecule has 26 heavy (non-hydrogen) atoms. The number of benzene rings is 1. The van der Waals surface area contributed by atoms with Crippen LogP contribution in [0.25, 0.3) is 0 Å². The summed E-state index contributed by atoms with van der Waals surface area (Å²) >= 11 is 1.46. The van der Waals surface area contributed by atoms with Gasteiger partial charge in [0.25, 0.3) is 0 Å². The molecule has 144 valence electrons. The molecule has 2 atom stereocenters. The van der Waals surface area contributed by atoms with Gasteiger partial charge in [-0.1, -0.05) is 32.0 Å². The van der Waals surface area contributed by atoms with Crippen LogP contribution in [0.2, 0.25) is 0 Å². The molecule has 0 spiro atoms. The number of carbonyl (C=O) groups is 2. The summed E-state index contributed by atoms with van der Waals surface area (Å²) in [5.41, 5.74) is 0.528. The molecule has 1 saturated heterocycles. The van der Waals surface area contributed by atoms with Crippen molar-refractivity contribution in [3.63, 3.8) is 0 Å². The molecule has 6 heteroatoms. The van der Waals surface area contributed by atoms with Gasteiger partial charge in [-0.05, 0) is 32.8 Å². The number of thioether (sulfide) groups is 1. The lowest BCUT2D eigenvalue weighted by Gasteiger charge is -2.31. The van der Waals surface area contributed by atoms with Crippen LogP contribution in [0.3, 0.4) is 0 Å². The molecule has 1 aromatic rings. The van der Waals surface area contributed by atoms with Gasteiger partial charge in [-0.2, -0.15) is 0 Å². The third-order valence-electron chi connectivity index (χ3n) is 4.53. The Balaban J connectivity index is 2.15. The summed E-state index contributed by atoms with van der Waals surface area (Å²) in [5.74, 6) is 0.0977. The molecule has 0 radical (unpaired) electrons. The Kier molecular flexibility index (Phi) is 7.09. The summed E-state index contributed by atoms with van der Waals surface area (Å²) in [6.07, 6.45) is 0.494.